The van der Waals surface area contributed by atoms with E-state index in [4.69, 9.17) is 0 Å². The average Bonchev–Trinajstić information content (AvgIpc) is 2.98. The number of hydrogen-bond donors (Lipinski definition) is 2. The molecule has 5 rings (SSSR count). The predicted octanol–water partition coefficient (Wildman–Crippen LogP) is 4.18. The van der Waals surface area contributed by atoms with Crippen molar-refractivity contribution in [3.63, 3.8) is 0 Å². The minimum atomic E-state index is -3.70. The number of aliphatic hydroxyl groups is 1. The maximum absolute atomic E-state index is 12.9. The van der Waals surface area contributed by atoms with Crippen LogP contribution >= 0.6 is 0 Å². The van der Waals surface area contributed by atoms with Gasteiger partial charge in [0.15, 0.2) is 0 Å². The molecule has 3 unspecified atom stereocenters. The van der Waals surface area contributed by atoms with E-state index in [0.717, 1.165) is 37.1 Å². The Morgan fingerprint density at radius 1 is 0.781 bits per heavy atom. The molecule has 0 aromatic heterocycles. The van der Waals surface area contributed by atoms with Crippen LogP contribution in [0.5, 0.6) is 0 Å². The monoisotopic (exact) mass is 448 g/mol. The first-order valence-corrected chi connectivity index (χ1v) is 12.7. The zero-order valence-electron chi connectivity index (χ0n) is 17.9. The fourth-order valence-corrected chi connectivity index (χ4v) is 6.41. The molecule has 0 saturated heterocycles. The van der Waals surface area contributed by atoms with E-state index in [1.807, 2.05) is 12.1 Å². The van der Waals surface area contributed by atoms with E-state index in [2.05, 4.69) is 46.0 Å². The second kappa shape index (κ2) is 8.70. The fraction of sp³-hybridized carbons (Fsp3) is 0.308. The van der Waals surface area contributed by atoms with Crippen molar-refractivity contribution in [2.75, 3.05) is 4.90 Å². The molecule has 0 spiro atoms. The molecular weight excluding hydrogens is 420 g/mol. The van der Waals surface area contributed by atoms with E-state index in [1.54, 1.807) is 30.3 Å². The molecule has 2 aliphatic rings. The first-order chi connectivity index (χ1) is 15.5. The third-order valence-corrected chi connectivity index (χ3v) is 8.18. The summed E-state index contributed by atoms with van der Waals surface area (Å²) in [6, 6.07) is 24.3. The molecule has 1 aliphatic carbocycles. The number of rotatable bonds is 4. The Morgan fingerprint density at radius 3 is 1.97 bits per heavy atom. The first kappa shape index (κ1) is 21.2. The van der Waals surface area contributed by atoms with Crippen molar-refractivity contribution < 1.29 is 13.5 Å². The van der Waals surface area contributed by atoms with Crippen LogP contribution in [-0.4, -0.2) is 31.7 Å². The molecule has 6 heteroatoms. The van der Waals surface area contributed by atoms with Crippen molar-refractivity contribution in [3.8, 4) is 0 Å². The number of fused-ring (bicyclic) bond motifs is 2. The van der Waals surface area contributed by atoms with E-state index >= 15 is 0 Å². The quantitative estimate of drug-likeness (QED) is 0.628. The van der Waals surface area contributed by atoms with E-state index in [9.17, 15) is 13.5 Å². The number of aryl methyl sites for hydroxylation is 2. The Hall–Kier alpha value is -2.67. The van der Waals surface area contributed by atoms with Gasteiger partial charge in [-0.2, -0.15) is 0 Å². The molecule has 3 aromatic rings. The highest BCUT2D eigenvalue weighted by molar-refractivity contribution is 7.89. The zero-order valence-corrected chi connectivity index (χ0v) is 18.7. The summed E-state index contributed by atoms with van der Waals surface area (Å²) in [6.45, 7) is 0. The van der Waals surface area contributed by atoms with Crippen LogP contribution in [-0.2, 0) is 22.9 Å². The van der Waals surface area contributed by atoms with Gasteiger partial charge in [0.05, 0.1) is 23.1 Å². The number of nitrogens with one attached hydrogen (secondary N) is 1. The Balaban J connectivity index is 1.50. The summed E-state index contributed by atoms with van der Waals surface area (Å²) >= 11 is 0. The smallest absolute Gasteiger partial charge is 0.240 e. The lowest BCUT2D eigenvalue weighted by atomic mass is 9.86. The Labute approximate surface area is 189 Å². The van der Waals surface area contributed by atoms with Crippen LogP contribution in [0.15, 0.2) is 83.8 Å². The van der Waals surface area contributed by atoms with E-state index < -0.39 is 22.2 Å². The SMILES string of the molecule is O=S(=O)(NC1CCCC(N2c3ccccc3CCc3ccccc32)C1O)c1ccccc1. The van der Waals surface area contributed by atoms with Crippen LogP contribution in [0.25, 0.3) is 0 Å². The van der Waals surface area contributed by atoms with E-state index in [0.29, 0.717) is 6.42 Å². The number of hydrogen-bond acceptors (Lipinski definition) is 4. The van der Waals surface area contributed by atoms with Crippen molar-refractivity contribution in [2.24, 2.45) is 0 Å². The highest BCUT2D eigenvalue weighted by atomic mass is 32.2. The predicted molar refractivity (Wildman–Crippen MR) is 127 cm³/mol. The second-order valence-corrected chi connectivity index (χ2v) is 10.4. The van der Waals surface area contributed by atoms with E-state index in [-0.39, 0.29) is 10.9 Å². The van der Waals surface area contributed by atoms with Gasteiger partial charge in [0.2, 0.25) is 10.0 Å². The molecule has 0 amide bonds. The summed E-state index contributed by atoms with van der Waals surface area (Å²) in [5, 5.41) is 11.5. The molecule has 5 nitrogen and oxygen atoms in total. The molecule has 1 heterocycles. The third kappa shape index (κ3) is 3.94. The van der Waals surface area contributed by atoms with Crippen LogP contribution in [0.3, 0.4) is 0 Å². The largest absolute Gasteiger partial charge is 0.389 e. The number of sulfonamides is 1. The second-order valence-electron chi connectivity index (χ2n) is 8.66. The molecule has 1 saturated carbocycles. The lowest BCUT2D eigenvalue weighted by Gasteiger charge is -2.43. The molecule has 3 aromatic carbocycles. The minimum Gasteiger partial charge on any atom is -0.389 e. The average molecular weight is 449 g/mol. The van der Waals surface area contributed by atoms with Gasteiger partial charge < -0.3 is 10.0 Å². The van der Waals surface area contributed by atoms with Crippen molar-refractivity contribution in [1.82, 2.24) is 4.72 Å². The van der Waals surface area contributed by atoms with Crippen molar-refractivity contribution in [3.05, 3.63) is 90.0 Å². The summed E-state index contributed by atoms with van der Waals surface area (Å²) < 4.78 is 28.7. The van der Waals surface area contributed by atoms with Crippen molar-refractivity contribution in [2.45, 2.75) is 55.2 Å². The number of benzene rings is 3. The van der Waals surface area contributed by atoms with Crippen LogP contribution in [0.4, 0.5) is 11.4 Å². The lowest BCUT2D eigenvalue weighted by molar-refractivity contribution is 0.0812. The summed E-state index contributed by atoms with van der Waals surface area (Å²) in [6.07, 6.45) is 3.30. The molecule has 0 bridgehead atoms. The van der Waals surface area contributed by atoms with Gasteiger partial charge >= 0.3 is 0 Å². The van der Waals surface area contributed by atoms with Gasteiger partial charge in [-0.25, -0.2) is 13.1 Å². The Bertz CT molecular complexity index is 1150. The number of aliphatic hydroxyl groups excluding tert-OH is 1. The number of anilines is 2. The Kier molecular flexibility index (Phi) is 5.76. The highest BCUT2D eigenvalue weighted by Gasteiger charge is 2.39. The Morgan fingerprint density at radius 2 is 1.34 bits per heavy atom. The third-order valence-electron chi connectivity index (χ3n) is 6.68. The van der Waals surface area contributed by atoms with Gasteiger partial charge in [-0.1, -0.05) is 54.6 Å². The van der Waals surface area contributed by atoms with E-state index in [1.165, 1.54) is 11.1 Å². The topological polar surface area (TPSA) is 69.6 Å². The van der Waals surface area contributed by atoms with Crippen LogP contribution in [0.2, 0.25) is 0 Å². The molecule has 166 valence electrons. The van der Waals surface area contributed by atoms with Crippen LogP contribution in [0.1, 0.15) is 30.4 Å². The highest BCUT2D eigenvalue weighted by Crippen LogP contribution is 2.41. The van der Waals surface area contributed by atoms with Crippen LogP contribution in [0, 0.1) is 0 Å². The summed E-state index contributed by atoms with van der Waals surface area (Å²) in [5.41, 5.74) is 4.71. The summed E-state index contributed by atoms with van der Waals surface area (Å²) in [5.74, 6) is 0. The van der Waals surface area contributed by atoms with Gasteiger partial charge in [0.1, 0.15) is 0 Å². The zero-order chi connectivity index (χ0) is 22.1. The van der Waals surface area contributed by atoms with Gasteiger partial charge in [0, 0.05) is 11.4 Å². The number of nitrogens with zero attached hydrogens (tertiary/aromatic N) is 1. The van der Waals surface area contributed by atoms with Crippen LogP contribution < -0.4 is 9.62 Å². The lowest BCUT2D eigenvalue weighted by Crippen LogP contribution is -2.55. The van der Waals surface area contributed by atoms with Gasteiger partial charge in [-0.3, -0.25) is 0 Å². The minimum absolute atomic E-state index is 0.215. The molecular formula is C26H28N2O3S. The normalized spacial score (nSPS) is 23.2. The maximum atomic E-state index is 12.9. The summed E-state index contributed by atoms with van der Waals surface area (Å²) in [4.78, 5) is 2.48. The molecule has 1 fully saturated rings. The number of para-hydroxylation sites is 2. The van der Waals surface area contributed by atoms with Gasteiger partial charge in [0.25, 0.3) is 0 Å². The van der Waals surface area contributed by atoms with Crippen molar-refractivity contribution in [1.29, 1.82) is 0 Å². The van der Waals surface area contributed by atoms with Gasteiger partial charge in [-0.15, -0.1) is 0 Å². The molecule has 1 aliphatic heterocycles. The molecule has 3 atom stereocenters. The molecule has 32 heavy (non-hydrogen) atoms. The van der Waals surface area contributed by atoms with Gasteiger partial charge in [-0.05, 0) is 67.5 Å². The fourth-order valence-electron chi connectivity index (χ4n) is 5.10. The first-order valence-electron chi connectivity index (χ1n) is 11.2. The maximum Gasteiger partial charge on any atom is 0.240 e. The standard InChI is InChI=1S/C26H28N2O3S/c29-26-22(27-32(30,31)21-11-2-1-3-12-21)13-8-16-25(26)28-23-14-6-4-9-19(23)17-18-20-10-5-7-15-24(20)28/h1-7,9-12,14-15,22,25-27,29H,8,13,16-18H2. The van der Waals surface area contributed by atoms with Crippen molar-refractivity contribution >= 4 is 21.4 Å². The summed E-state index contributed by atoms with van der Waals surface area (Å²) in [7, 11) is -3.70. The molecule has 0 radical (unpaired) electrons. The molecule has 2 N–H and O–H groups in total.